The SMILES string of the molecule is C=C=NC(F)(C1CCCC1)C(F)(F)F. The minimum Gasteiger partial charge on any atom is -0.207 e. The second-order valence-corrected chi connectivity index (χ2v) is 3.42. The summed E-state index contributed by atoms with van der Waals surface area (Å²) in [6.07, 6.45) is -3.27. The molecular weight excluding hydrogens is 198 g/mol. The van der Waals surface area contributed by atoms with E-state index in [2.05, 4.69) is 11.6 Å². The summed E-state index contributed by atoms with van der Waals surface area (Å²) in [5, 5.41) is 0. The molecule has 1 nitrogen and oxygen atoms in total. The number of aliphatic imine (C=N–C) groups is 1. The van der Waals surface area contributed by atoms with E-state index in [-0.39, 0.29) is 12.8 Å². The van der Waals surface area contributed by atoms with Crippen LogP contribution >= 0.6 is 0 Å². The highest BCUT2D eigenvalue weighted by Crippen LogP contribution is 2.47. The summed E-state index contributed by atoms with van der Waals surface area (Å²) in [5.74, 6) is -2.88. The zero-order chi connectivity index (χ0) is 10.8. The smallest absolute Gasteiger partial charge is 0.207 e. The molecule has 0 aliphatic heterocycles. The van der Waals surface area contributed by atoms with Crippen molar-refractivity contribution in [3.63, 3.8) is 0 Å². The van der Waals surface area contributed by atoms with E-state index in [1.54, 1.807) is 5.87 Å². The van der Waals surface area contributed by atoms with Gasteiger partial charge in [0.2, 0.25) is 0 Å². The maximum atomic E-state index is 13.6. The summed E-state index contributed by atoms with van der Waals surface area (Å²) in [7, 11) is 0. The largest absolute Gasteiger partial charge is 0.444 e. The topological polar surface area (TPSA) is 12.4 Å². The Kier molecular flexibility index (Phi) is 3.00. The van der Waals surface area contributed by atoms with Gasteiger partial charge in [-0.25, -0.2) is 4.39 Å². The molecule has 0 bridgehead atoms. The minimum absolute atomic E-state index is 0.223. The van der Waals surface area contributed by atoms with Crippen molar-refractivity contribution in [2.75, 3.05) is 0 Å². The van der Waals surface area contributed by atoms with Crippen LogP contribution in [0.1, 0.15) is 25.7 Å². The van der Waals surface area contributed by atoms with Gasteiger partial charge in [0.15, 0.2) is 0 Å². The minimum atomic E-state index is -4.97. The van der Waals surface area contributed by atoms with E-state index in [4.69, 9.17) is 0 Å². The molecule has 1 rings (SSSR count). The second-order valence-electron chi connectivity index (χ2n) is 3.42. The summed E-state index contributed by atoms with van der Waals surface area (Å²) >= 11 is 0. The molecule has 0 aromatic rings. The van der Waals surface area contributed by atoms with E-state index in [9.17, 15) is 17.6 Å². The van der Waals surface area contributed by atoms with Crippen LogP contribution in [0.15, 0.2) is 11.6 Å². The quantitative estimate of drug-likeness (QED) is 0.376. The van der Waals surface area contributed by atoms with Gasteiger partial charge in [0, 0.05) is 5.92 Å². The van der Waals surface area contributed by atoms with Gasteiger partial charge in [-0.2, -0.15) is 18.2 Å². The maximum Gasteiger partial charge on any atom is 0.444 e. The number of nitrogens with zero attached hydrogens (tertiary/aromatic N) is 1. The van der Waals surface area contributed by atoms with Gasteiger partial charge in [0.1, 0.15) is 0 Å². The average Bonchev–Trinajstić information content (AvgIpc) is 2.54. The number of rotatable bonds is 2. The average molecular weight is 209 g/mol. The number of alkyl halides is 4. The van der Waals surface area contributed by atoms with E-state index < -0.39 is 17.9 Å². The van der Waals surface area contributed by atoms with Crippen molar-refractivity contribution in [1.29, 1.82) is 0 Å². The van der Waals surface area contributed by atoms with E-state index >= 15 is 0 Å². The fourth-order valence-corrected chi connectivity index (χ4v) is 1.81. The van der Waals surface area contributed by atoms with Gasteiger partial charge in [0.05, 0.1) is 0 Å². The molecule has 0 aromatic carbocycles. The van der Waals surface area contributed by atoms with Crippen molar-refractivity contribution in [2.24, 2.45) is 10.9 Å². The molecule has 1 aliphatic carbocycles. The molecule has 5 heteroatoms. The van der Waals surface area contributed by atoms with E-state index in [1.807, 2.05) is 0 Å². The van der Waals surface area contributed by atoms with Gasteiger partial charge in [-0.1, -0.05) is 12.8 Å². The Hall–Kier alpha value is -0.830. The standard InChI is InChI=1S/C9H11F4N/c1-2-14-8(10,9(11,12)13)7-5-3-4-6-7/h7H,1,3-6H2. The van der Waals surface area contributed by atoms with Crippen LogP contribution in [0.4, 0.5) is 17.6 Å². The predicted molar refractivity (Wildman–Crippen MR) is 44.9 cm³/mol. The molecule has 0 spiro atoms. The molecule has 0 amide bonds. The van der Waals surface area contributed by atoms with Crippen molar-refractivity contribution >= 4 is 5.87 Å². The normalized spacial score (nSPS) is 22.9. The molecule has 0 N–H and O–H groups in total. The molecule has 1 aliphatic rings. The van der Waals surface area contributed by atoms with E-state index in [0.29, 0.717) is 12.8 Å². The third-order valence-corrected chi connectivity index (χ3v) is 2.54. The molecule has 80 valence electrons. The summed E-state index contributed by atoms with van der Waals surface area (Å²) < 4.78 is 50.8. The zero-order valence-corrected chi connectivity index (χ0v) is 7.57. The van der Waals surface area contributed by atoms with Crippen LogP contribution in [0.5, 0.6) is 0 Å². The Balaban J connectivity index is 2.96. The third-order valence-electron chi connectivity index (χ3n) is 2.54. The van der Waals surface area contributed by atoms with Crippen LogP contribution in [-0.4, -0.2) is 17.8 Å². The van der Waals surface area contributed by atoms with Crippen molar-refractivity contribution in [3.05, 3.63) is 6.58 Å². The summed E-state index contributed by atoms with van der Waals surface area (Å²) in [4.78, 5) is 2.76. The third kappa shape index (κ3) is 1.82. The number of hydrogen-bond donors (Lipinski definition) is 0. The van der Waals surface area contributed by atoms with Crippen LogP contribution in [0.2, 0.25) is 0 Å². The lowest BCUT2D eigenvalue weighted by molar-refractivity contribution is -0.244. The fourth-order valence-electron chi connectivity index (χ4n) is 1.81. The molecule has 0 heterocycles. The van der Waals surface area contributed by atoms with E-state index in [1.165, 1.54) is 0 Å². The Morgan fingerprint density at radius 1 is 1.14 bits per heavy atom. The Labute approximate surface area is 79.5 Å². The van der Waals surface area contributed by atoms with Gasteiger partial charge >= 0.3 is 12.0 Å². The van der Waals surface area contributed by atoms with Gasteiger partial charge < -0.3 is 0 Å². The van der Waals surface area contributed by atoms with Crippen molar-refractivity contribution in [3.8, 4) is 0 Å². The molecule has 1 unspecified atom stereocenters. The fraction of sp³-hybridized carbons (Fsp3) is 0.778. The molecule has 0 aromatic heterocycles. The highest BCUT2D eigenvalue weighted by molar-refractivity contribution is 5.47. The predicted octanol–water partition coefficient (Wildman–Crippen LogP) is 3.26. The molecule has 0 saturated heterocycles. The molecule has 14 heavy (non-hydrogen) atoms. The van der Waals surface area contributed by atoms with Gasteiger partial charge in [-0.05, 0) is 25.3 Å². The lowest BCUT2D eigenvalue weighted by Gasteiger charge is -2.28. The van der Waals surface area contributed by atoms with Crippen LogP contribution < -0.4 is 0 Å². The van der Waals surface area contributed by atoms with Crippen LogP contribution in [-0.2, 0) is 0 Å². The lowest BCUT2D eigenvalue weighted by atomic mass is 9.95. The van der Waals surface area contributed by atoms with Crippen molar-refractivity contribution in [2.45, 2.75) is 37.7 Å². The summed E-state index contributed by atoms with van der Waals surface area (Å²) in [6, 6.07) is 0. The first-order valence-electron chi connectivity index (χ1n) is 4.41. The highest BCUT2D eigenvalue weighted by atomic mass is 19.4. The molecule has 1 fully saturated rings. The van der Waals surface area contributed by atoms with Gasteiger partial charge in [-0.3, -0.25) is 0 Å². The monoisotopic (exact) mass is 209 g/mol. The first-order chi connectivity index (χ1) is 6.42. The number of halogens is 4. The lowest BCUT2D eigenvalue weighted by Crippen LogP contribution is -2.44. The van der Waals surface area contributed by atoms with Crippen LogP contribution in [0.25, 0.3) is 0 Å². The molecule has 1 saturated carbocycles. The first kappa shape index (κ1) is 11.2. The van der Waals surface area contributed by atoms with Crippen LogP contribution in [0, 0.1) is 5.92 Å². The summed E-state index contributed by atoms with van der Waals surface area (Å²) in [5.41, 5.74) is 0. The van der Waals surface area contributed by atoms with Crippen LogP contribution in [0.3, 0.4) is 0 Å². The molecule has 0 radical (unpaired) electrons. The molecule has 1 atom stereocenters. The maximum absolute atomic E-state index is 13.6. The Morgan fingerprint density at radius 2 is 1.64 bits per heavy atom. The van der Waals surface area contributed by atoms with E-state index in [0.717, 1.165) is 0 Å². The van der Waals surface area contributed by atoms with Crippen molar-refractivity contribution < 1.29 is 17.6 Å². The summed E-state index contributed by atoms with van der Waals surface area (Å²) in [6.45, 7) is 2.90. The van der Waals surface area contributed by atoms with Gasteiger partial charge in [0.25, 0.3) is 0 Å². The zero-order valence-electron chi connectivity index (χ0n) is 7.57. The first-order valence-corrected chi connectivity index (χ1v) is 4.41. The second kappa shape index (κ2) is 3.73. The Bertz CT molecular complexity index is 248. The Morgan fingerprint density at radius 3 is 2.00 bits per heavy atom. The van der Waals surface area contributed by atoms with Gasteiger partial charge in [-0.15, -0.1) is 0 Å². The number of hydrogen-bond acceptors (Lipinski definition) is 1. The van der Waals surface area contributed by atoms with Crippen molar-refractivity contribution in [1.82, 2.24) is 0 Å². The highest BCUT2D eigenvalue weighted by Gasteiger charge is 2.61. The molecular formula is C9H11F4N.